The van der Waals surface area contributed by atoms with Crippen molar-refractivity contribution in [2.24, 2.45) is 11.7 Å². The Hall–Kier alpha value is -1.17. The quantitative estimate of drug-likeness (QED) is 0.915. The molecule has 0 aliphatic heterocycles. The maximum absolute atomic E-state index is 11.8. The molecule has 0 aliphatic carbocycles. The number of fused-ring (bicyclic) bond motifs is 1. The van der Waals surface area contributed by atoms with Crippen LogP contribution in [-0.2, 0) is 4.79 Å². The Bertz CT molecular complexity index is 582. The van der Waals surface area contributed by atoms with Crippen LogP contribution in [0.4, 0.5) is 5.13 Å². The minimum atomic E-state index is -0.502. The van der Waals surface area contributed by atoms with E-state index < -0.39 is 6.04 Å². The number of carbonyl (C=O) groups is 1. The van der Waals surface area contributed by atoms with Gasteiger partial charge in [0.05, 0.1) is 16.3 Å². The van der Waals surface area contributed by atoms with Gasteiger partial charge in [-0.1, -0.05) is 37.3 Å². The second-order valence-electron chi connectivity index (χ2n) is 4.70. The lowest BCUT2D eigenvalue weighted by Gasteiger charge is -2.13. The van der Waals surface area contributed by atoms with Crippen LogP contribution in [0.2, 0.25) is 0 Å². The number of thiazole rings is 1. The second kappa shape index (κ2) is 6.32. The number of carbonyl (C=O) groups excluding carboxylic acids is 1. The summed E-state index contributed by atoms with van der Waals surface area (Å²) in [6.45, 7) is 5.85. The van der Waals surface area contributed by atoms with E-state index in [0.717, 1.165) is 15.8 Å². The van der Waals surface area contributed by atoms with Crippen LogP contribution in [0.3, 0.4) is 0 Å². The molecule has 3 N–H and O–H groups in total. The zero-order valence-corrected chi connectivity index (χ0v) is 12.8. The zero-order valence-electron chi connectivity index (χ0n) is 11.1. The topological polar surface area (TPSA) is 68.0 Å². The third kappa shape index (κ3) is 3.43. The Morgan fingerprint density at radius 2 is 2.11 bits per heavy atom. The predicted octanol–water partition coefficient (Wildman–Crippen LogP) is 2.95. The highest BCUT2D eigenvalue weighted by Gasteiger charge is 2.18. The van der Waals surface area contributed by atoms with Crippen LogP contribution in [0, 0.1) is 12.8 Å². The largest absolute Gasteiger partial charge is 0.320 e. The van der Waals surface area contributed by atoms with Gasteiger partial charge in [0.25, 0.3) is 0 Å². The van der Waals surface area contributed by atoms with Crippen molar-refractivity contribution >= 4 is 45.0 Å². The molecular formula is C13H18ClN3OS. The van der Waals surface area contributed by atoms with Crippen LogP contribution in [-0.4, -0.2) is 16.9 Å². The van der Waals surface area contributed by atoms with E-state index in [0.29, 0.717) is 5.13 Å². The molecule has 6 heteroatoms. The monoisotopic (exact) mass is 299 g/mol. The van der Waals surface area contributed by atoms with Crippen molar-refractivity contribution in [2.45, 2.75) is 26.8 Å². The maximum Gasteiger partial charge on any atom is 0.243 e. The van der Waals surface area contributed by atoms with Gasteiger partial charge in [-0.2, -0.15) is 0 Å². The average Bonchev–Trinajstić information content (AvgIpc) is 2.71. The third-order valence-electron chi connectivity index (χ3n) is 2.87. The molecule has 0 spiro atoms. The molecule has 104 valence electrons. The summed E-state index contributed by atoms with van der Waals surface area (Å²) in [6.07, 6.45) is 0. The van der Waals surface area contributed by atoms with Gasteiger partial charge >= 0.3 is 0 Å². The zero-order chi connectivity index (χ0) is 13.3. The van der Waals surface area contributed by atoms with E-state index in [1.807, 2.05) is 39.0 Å². The lowest BCUT2D eigenvalue weighted by molar-refractivity contribution is -0.118. The molecular weight excluding hydrogens is 282 g/mol. The van der Waals surface area contributed by atoms with E-state index in [9.17, 15) is 4.79 Å². The first-order valence-electron chi connectivity index (χ1n) is 5.91. The number of nitrogens with two attached hydrogens (primary N) is 1. The Balaban J connectivity index is 0.00000180. The second-order valence-corrected chi connectivity index (χ2v) is 5.73. The van der Waals surface area contributed by atoms with Gasteiger partial charge < -0.3 is 11.1 Å². The molecule has 2 aromatic rings. The van der Waals surface area contributed by atoms with Crippen LogP contribution >= 0.6 is 23.7 Å². The van der Waals surface area contributed by atoms with E-state index >= 15 is 0 Å². The van der Waals surface area contributed by atoms with Crippen LogP contribution in [0.25, 0.3) is 10.2 Å². The summed E-state index contributed by atoms with van der Waals surface area (Å²) in [6, 6.07) is 5.49. The molecule has 0 saturated heterocycles. The van der Waals surface area contributed by atoms with Gasteiger partial charge in [0.1, 0.15) is 0 Å². The van der Waals surface area contributed by atoms with Gasteiger partial charge in [0.2, 0.25) is 5.91 Å². The van der Waals surface area contributed by atoms with Crippen molar-refractivity contribution in [1.82, 2.24) is 4.98 Å². The molecule has 1 aromatic carbocycles. The molecule has 2 rings (SSSR count). The Morgan fingerprint density at radius 3 is 2.68 bits per heavy atom. The van der Waals surface area contributed by atoms with Crippen LogP contribution in [0.15, 0.2) is 18.2 Å². The third-order valence-corrected chi connectivity index (χ3v) is 3.81. The number of rotatable bonds is 3. The van der Waals surface area contributed by atoms with Gasteiger partial charge in [0, 0.05) is 0 Å². The van der Waals surface area contributed by atoms with Gasteiger partial charge in [-0.05, 0) is 24.5 Å². The van der Waals surface area contributed by atoms with E-state index in [-0.39, 0.29) is 24.2 Å². The number of aromatic nitrogens is 1. The van der Waals surface area contributed by atoms with Crippen LogP contribution in [0.5, 0.6) is 0 Å². The number of benzene rings is 1. The van der Waals surface area contributed by atoms with Gasteiger partial charge in [-0.15, -0.1) is 12.4 Å². The molecule has 4 nitrogen and oxygen atoms in total. The molecule has 0 saturated carbocycles. The molecule has 1 amide bonds. The number of amides is 1. The summed E-state index contributed by atoms with van der Waals surface area (Å²) in [5.41, 5.74) is 7.85. The first kappa shape index (κ1) is 15.9. The fourth-order valence-electron chi connectivity index (χ4n) is 1.63. The number of para-hydroxylation sites is 1. The average molecular weight is 300 g/mol. The summed E-state index contributed by atoms with van der Waals surface area (Å²) in [4.78, 5) is 16.3. The van der Waals surface area contributed by atoms with Crippen molar-refractivity contribution in [1.29, 1.82) is 0 Å². The molecule has 0 bridgehead atoms. The number of nitrogens with one attached hydrogen (secondary N) is 1. The van der Waals surface area contributed by atoms with E-state index in [1.54, 1.807) is 0 Å². The molecule has 0 aliphatic rings. The van der Waals surface area contributed by atoms with Crippen molar-refractivity contribution < 1.29 is 4.79 Å². The number of hydrogen-bond acceptors (Lipinski definition) is 4. The Morgan fingerprint density at radius 1 is 1.42 bits per heavy atom. The lowest BCUT2D eigenvalue weighted by atomic mass is 10.1. The molecule has 1 unspecified atom stereocenters. The first-order chi connectivity index (χ1) is 8.49. The van der Waals surface area contributed by atoms with E-state index in [2.05, 4.69) is 10.3 Å². The van der Waals surface area contributed by atoms with Crippen molar-refractivity contribution in [3.8, 4) is 0 Å². The first-order valence-corrected chi connectivity index (χ1v) is 6.73. The van der Waals surface area contributed by atoms with E-state index in [4.69, 9.17) is 5.73 Å². The predicted molar refractivity (Wildman–Crippen MR) is 83.0 cm³/mol. The number of halogens is 1. The van der Waals surface area contributed by atoms with Crippen LogP contribution in [0.1, 0.15) is 19.4 Å². The Labute approximate surface area is 122 Å². The highest BCUT2D eigenvalue weighted by Crippen LogP contribution is 2.27. The van der Waals surface area contributed by atoms with Gasteiger partial charge in [-0.25, -0.2) is 4.98 Å². The molecule has 19 heavy (non-hydrogen) atoms. The summed E-state index contributed by atoms with van der Waals surface area (Å²) in [5, 5.41) is 3.39. The summed E-state index contributed by atoms with van der Waals surface area (Å²) in [5.74, 6) is -0.0668. The standard InChI is InChI=1S/C13H17N3OS.ClH/c1-7(2)10(14)12(17)16-13-15-11-8(3)5-4-6-9(11)18-13;/h4-7,10H,14H2,1-3H3,(H,15,16,17);1H. The highest BCUT2D eigenvalue weighted by molar-refractivity contribution is 7.22. The summed E-state index contributed by atoms with van der Waals surface area (Å²) < 4.78 is 1.07. The van der Waals surface area contributed by atoms with Crippen molar-refractivity contribution in [3.05, 3.63) is 23.8 Å². The number of aryl methyl sites for hydroxylation is 1. The SMILES string of the molecule is Cc1cccc2sc(NC(=O)C(N)C(C)C)nc12.Cl. The van der Waals surface area contributed by atoms with Crippen molar-refractivity contribution in [2.75, 3.05) is 5.32 Å². The number of anilines is 1. The molecule has 0 fully saturated rings. The van der Waals surface area contributed by atoms with Crippen molar-refractivity contribution in [3.63, 3.8) is 0 Å². The minimum absolute atomic E-state index is 0. The van der Waals surface area contributed by atoms with Gasteiger partial charge in [-0.3, -0.25) is 4.79 Å². The number of hydrogen-bond donors (Lipinski definition) is 2. The minimum Gasteiger partial charge on any atom is -0.320 e. The fourth-order valence-corrected chi connectivity index (χ4v) is 2.58. The van der Waals surface area contributed by atoms with E-state index in [1.165, 1.54) is 11.3 Å². The maximum atomic E-state index is 11.8. The van der Waals surface area contributed by atoms with Crippen LogP contribution < -0.4 is 11.1 Å². The molecule has 1 heterocycles. The fraction of sp³-hybridized carbons (Fsp3) is 0.385. The Kier molecular flexibility index (Phi) is 5.29. The number of nitrogens with zero attached hydrogens (tertiary/aromatic N) is 1. The smallest absolute Gasteiger partial charge is 0.243 e. The summed E-state index contributed by atoms with van der Waals surface area (Å²) in [7, 11) is 0. The molecule has 0 radical (unpaired) electrons. The molecule has 1 aromatic heterocycles. The summed E-state index contributed by atoms with van der Waals surface area (Å²) >= 11 is 1.47. The van der Waals surface area contributed by atoms with Gasteiger partial charge in [0.15, 0.2) is 5.13 Å². The lowest BCUT2D eigenvalue weighted by Crippen LogP contribution is -2.39. The molecule has 1 atom stereocenters. The highest BCUT2D eigenvalue weighted by atomic mass is 35.5. The normalized spacial score (nSPS) is 12.3.